The minimum absolute atomic E-state index is 0.0124. The Balaban J connectivity index is 2.44. The van der Waals surface area contributed by atoms with Gasteiger partial charge in [0.15, 0.2) is 0 Å². The quantitative estimate of drug-likeness (QED) is 0.843. The highest BCUT2D eigenvalue weighted by Crippen LogP contribution is 2.32. The molecule has 2 rings (SSSR count). The van der Waals surface area contributed by atoms with E-state index in [0.717, 1.165) is 4.31 Å². The first kappa shape index (κ1) is 14.0. The summed E-state index contributed by atoms with van der Waals surface area (Å²) in [4.78, 5) is -0.199. The Morgan fingerprint density at radius 3 is 2.00 bits per heavy atom. The molecule has 0 bridgehead atoms. The minimum Gasteiger partial charge on any atom is -0.389 e. The summed E-state index contributed by atoms with van der Waals surface area (Å²) in [6, 6.07) is 4.38. The molecule has 18 heavy (non-hydrogen) atoms. The smallest absolute Gasteiger partial charge is 0.246 e. The SMILES string of the molecule is O=S(=O)(c1c(Cl)cccc1Cl)N1CC(O)C(O)C1. The molecule has 1 fully saturated rings. The van der Waals surface area contributed by atoms with E-state index in [9.17, 15) is 18.6 Å². The second-order valence-corrected chi connectivity index (χ2v) is 6.70. The Morgan fingerprint density at radius 1 is 1.11 bits per heavy atom. The van der Waals surface area contributed by atoms with Gasteiger partial charge in [0.1, 0.15) is 4.90 Å². The fraction of sp³-hybridized carbons (Fsp3) is 0.400. The zero-order valence-corrected chi connectivity index (χ0v) is 11.5. The van der Waals surface area contributed by atoms with Crippen LogP contribution in [-0.4, -0.2) is 48.2 Å². The minimum atomic E-state index is -3.92. The van der Waals surface area contributed by atoms with Gasteiger partial charge in [0.05, 0.1) is 22.3 Å². The maximum Gasteiger partial charge on any atom is 0.246 e. The summed E-state index contributed by atoms with van der Waals surface area (Å²) >= 11 is 11.7. The third-order valence-electron chi connectivity index (χ3n) is 2.74. The molecule has 0 aromatic heterocycles. The molecule has 0 spiro atoms. The zero-order chi connectivity index (χ0) is 13.5. The Hall–Kier alpha value is -0.370. The predicted molar refractivity (Wildman–Crippen MR) is 67.2 cm³/mol. The number of halogens is 2. The largest absolute Gasteiger partial charge is 0.389 e. The van der Waals surface area contributed by atoms with Crippen molar-refractivity contribution >= 4 is 33.2 Å². The highest BCUT2D eigenvalue weighted by molar-refractivity contribution is 7.89. The summed E-state index contributed by atoms with van der Waals surface area (Å²) in [5.74, 6) is 0. The fourth-order valence-corrected chi connectivity index (χ4v) is 4.36. The van der Waals surface area contributed by atoms with Crippen LogP contribution >= 0.6 is 23.2 Å². The molecule has 0 radical (unpaired) electrons. The number of β-amino-alcohol motifs (C(OH)–C–C–N with tert-alkyl or cyclic N) is 2. The van der Waals surface area contributed by atoms with E-state index >= 15 is 0 Å². The van der Waals surface area contributed by atoms with E-state index in [0.29, 0.717) is 0 Å². The number of hydrogen-bond donors (Lipinski definition) is 2. The van der Waals surface area contributed by atoms with Gasteiger partial charge in [-0.25, -0.2) is 8.42 Å². The number of rotatable bonds is 2. The van der Waals surface area contributed by atoms with Crippen LogP contribution in [0.25, 0.3) is 0 Å². The van der Waals surface area contributed by atoms with Gasteiger partial charge < -0.3 is 10.2 Å². The molecule has 8 heteroatoms. The van der Waals surface area contributed by atoms with Crippen molar-refractivity contribution in [3.05, 3.63) is 28.2 Å². The highest BCUT2D eigenvalue weighted by Gasteiger charge is 2.39. The van der Waals surface area contributed by atoms with Gasteiger partial charge in [-0.05, 0) is 12.1 Å². The van der Waals surface area contributed by atoms with Crippen molar-refractivity contribution in [3.8, 4) is 0 Å². The summed E-state index contributed by atoms with van der Waals surface area (Å²) in [6.07, 6.45) is -2.19. The van der Waals surface area contributed by atoms with Crippen LogP contribution in [0.15, 0.2) is 23.1 Å². The first-order valence-corrected chi connectivity index (χ1v) is 7.34. The van der Waals surface area contributed by atoms with E-state index < -0.39 is 22.2 Å². The molecular weight excluding hydrogens is 301 g/mol. The lowest BCUT2D eigenvalue weighted by atomic mass is 10.3. The van der Waals surface area contributed by atoms with Crippen molar-refractivity contribution in [2.45, 2.75) is 17.1 Å². The monoisotopic (exact) mass is 311 g/mol. The Bertz CT molecular complexity index is 533. The van der Waals surface area contributed by atoms with E-state index in [2.05, 4.69) is 0 Å². The van der Waals surface area contributed by atoms with E-state index in [1.807, 2.05) is 0 Å². The van der Waals surface area contributed by atoms with Crippen LogP contribution in [0.2, 0.25) is 10.0 Å². The first-order chi connectivity index (χ1) is 8.34. The molecule has 0 amide bonds. The molecule has 1 aliphatic heterocycles. The van der Waals surface area contributed by atoms with Gasteiger partial charge in [-0.2, -0.15) is 4.31 Å². The molecule has 5 nitrogen and oxygen atoms in total. The summed E-state index contributed by atoms with van der Waals surface area (Å²) in [5.41, 5.74) is 0. The lowest BCUT2D eigenvalue weighted by Crippen LogP contribution is -2.30. The van der Waals surface area contributed by atoms with E-state index in [1.165, 1.54) is 18.2 Å². The number of hydrogen-bond acceptors (Lipinski definition) is 4. The van der Waals surface area contributed by atoms with Gasteiger partial charge in [0.2, 0.25) is 10.0 Å². The van der Waals surface area contributed by atoms with Crippen molar-refractivity contribution in [1.82, 2.24) is 4.31 Å². The summed E-state index contributed by atoms with van der Waals surface area (Å²) < 4.78 is 25.6. The van der Waals surface area contributed by atoms with Crippen molar-refractivity contribution in [3.63, 3.8) is 0 Å². The lowest BCUT2D eigenvalue weighted by molar-refractivity contribution is 0.0572. The van der Waals surface area contributed by atoms with Crippen LogP contribution in [0.4, 0.5) is 0 Å². The molecule has 1 aromatic rings. The van der Waals surface area contributed by atoms with Crippen LogP contribution in [0, 0.1) is 0 Å². The van der Waals surface area contributed by atoms with Crippen LogP contribution < -0.4 is 0 Å². The molecule has 1 saturated heterocycles. The number of sulfonamides is 1. The lowest BCUT2D eigenvalue weighted by Gasteiger charge is -2.17. The molecule has 2 N–H and O–H groups in total. The second kappa shape index (κ2) is 4.96. The molecule has 2 atom stereocenters. The van der Waals surface area contributed by atoms with E-state index in [1.54, 1.807) is 0 Å². The van der Waals surface area contributed by atoms with Crippen LogP contribution in [-0.2, 0) is 10.0 Å². The van der Waals surface area contributed by atoms with E-state index in [-0.39, 0.29) is 28.0 Å². The molecule has 1 heterocycles. The maximum absolute atomic E-state index is 12.3. The summed E-state index contributed by atoms with van der Waals surface area (Å²) in [7, 11) is -3.92. The van der Waals surface area contributed by atoms with Crippen molar-refractivity contribution < 1.29 is 18.6 Å². The fourth-order valence-electron chi connectivity index (χ4n) is 1.79. The standard InChI is InChI=1S/C10H11Cl2NO4S/c11-6-2-1-3-7(12)10(6)18(16,17)13-4-8(14)9(15)5-13/h1-3,8-9,14-15H,4-5H2. The number of aliphatic hydroxyl groups is 2. The van der Waals surface area contributed by atoms with Crippen LogP contribution in [0.3, 0.4) is 0 Å². The predicted octanol–water partition coefficient (Wildman–Crippen LogP) is 0.720. The number of nitrogens with zero attached hydrogens (tertiary/aromatic N) is 1. The van der Waals surface area contributed by atoms with E-state index in [4.69, 9.17) is 23.2 Å². The van der Waals surface area contributed by atoms with Gasteiger partial charge in [-0.1, -0.05) is 29.3 Å². The molecule has 0 saturated carbocycles. The Labute approximate surface area is 115 Å². The van der Waals surface area contributed by atoms with Gasteiger partial charge >= 0.3 is 0 Å². The molecule has 1 aliphatic rings. The van der Waals surface area contributed by atoms with Gasteiger partial charge in [-0.3, -0.25) is 0 Å². The number of benzene rings is 1. The highest BCUT2D eigenvalue weighted by atomic mass is 35.5. The van der Waals surface area contributed by atoms with Crippen LogP contribution in [0.5, 0.6) is 0 Å². The first-order valence-electron chi connectivity index (χ1n) is 5.14. The molecule has 100 valence electrons. The normalized spacial score (nSPS) is 25.6. The summed E-state index contributed by atoms with van der Waals surface area (Å²) in [6.45, 7) is -0.351. The van der Waals surface area contributed by atoms with Gasteiger partial charge in [0, 0.05) is 13.1 Å². The van der Waals surface area contributed by atoms with Crippen molar-refractivity contribution in [2.24, 2.45) is 0 Å². The molecule has 1 aromatic carbocycles. The maximum atomic E-state index is 12.3. The average Bonchev–Trinajstić information content (AvgIpc) is 2.59. The molecular formula is C10H11Cl2NO4S. The summed E-state index contributed by atoms with van der Waals surface area (Å²) in [5, 5.41) is 18.8. The van der Waals surface area contributed by atoms with Crippen LogP contribution in [0.1, 0.15) is 0 Å². The topological polar surface area (TPSA) is 77.8 Å². The Kier molecular flexibility index (Phi) is 3.87. The van der Waals surface area contributed by atoms with Crippen molar-refractivity contribution in [1.29, 1.82) is 0 Å². The molecule has 0 aliphatic carbocycles. The second-order valence-electron chi connectivity index (χ2n) is 4.01. The third-order valence-corrected chi connectivity index (χ3v) is 5.53. The number of aliphatic hydroxyl groups excluding tert-OH is 2. The third kappa shape index (κ3) is 2.36. The average molecular weight is 312 g/mol. The molecule has 2 unspecified atom stereocenters. The zero-order valence-electron chi connectivity index (χ0n) is 9.12. The Morgan fingerprint density at radius 2 is 1.56 bits per heavy atom. The van der Waals surface area contributed by atoms with Gasteiger partial charge in [0.25, 0.3) is 0 Å². The van der Waals surface area contributed by atoms with Gasteiger partial charge in [-0.15, -0.1) is 0 Å². The van der Waals surface area contributed by atoms with Crippen molar-refractivity contribution in [2.75, 3.05) is 13.1 Å².